The largest absolute Gasteiger partial charge is 0.487 e. The van der Waals surface area contributed by atoms with Crippen molar-refractivity contribution < 1.29 is 28.5 Å². The fraction of sp³-hybridized carbons (Fsp3) is 0.394. The predicted octanol–water partition coefficient (Wildman–Crippen LogP) is 3.21. The first kappa shape index (κ1) is 30.6. The molecular formula is C33H37FN6O5. The van der Waals surface area contributed by atoms with Crippen LogP contribution in [-0.2, 0) is 17.7 Å². The molecule has 45 heavy (non-hydrogen) atoms. The summed E-state index contributed by atoms with van der Waals surface area (Å²) in [4.78, 5) is 28.4. The van der Waals surface area contributed by atoms with Crippen LogP contribution in [0, 0.1) is 5.82 Å². The summed E-state index contributed by atoms with van der Waals surface area (Å²) in [5.74, 6) is 0.784. The van der Waals surface area contributed by atoms with E-state index in [2.05, 4.69) is 20.2 Å². The molecule has 2 unspecified atom stereocenters. The summed E-state index contributed by atoms with van der Waals surface area (Å²) < 4.78 is 33.6. The third kappa shape index (κ3) is 7.30. The van der Waals surface area contributed by atoms with Crippen molar-refractivity contribution in [2.45, 2.75) is 45.1 Å². The lowest BCUT2D eigenvalue weighted by Gasteiger charge is -2.36. The Labute approximate surface area is 260 Å². The van der Waals surface area contributed by atoms with Gasteiger partial charge in [-0.25, -0.2) is 9.37 Å². The molecule has 2 aliphatic rings. The van der Waals surface area contributed by atoms with Crippen molar-refractivity contribution in [1.82, 2.24) is 19.4 Å². The number of carbonyl (C=O) groups is 1. The minimum absolute atomic E-state index is 0.0363. The number of aromatic nitrogens is 3. The summed E-state index contributed by atoms with van der Waals surface area (Å²) >= 11 is 0. The summed E-state index contributed by atoms with van der Waals surface area (Å²) in [6.07, 6.45) is 3.01. The molecule has 2 aliphatic heterocycles. The molecule has 0 saturated carbocycles. The standard InChI is InChI=1S/C33H37FN6O5/c1-21-17-39(18-22(2)45-21)19-26(41)20-44-28-10-9-27-29(30(28)43-15-11-23-5-7-25(34)8-6-23)37-33(40-14-13-36-31(27)40)38-32(42)24-4-3-12-35-16-24/h3-10,12,16,21-22,26,36,41H,11,13-15,17-20H2,1-2H3/t21?,22?,26-/m1/s1. The highest BCUT2D eigenvalue weighted by molar-refractivity contribution is 5.96. The lowest BCUT2D eigenvalue weighted by Crippen LogP contribution is -2.48. The molecule has 0 radical (unpaired) electrons. The molecule has 2 aromatic heterocycles. The fourth-order valence-corrected chi connectivity index (χ4v) is 5.82. The van der Waals surface area contributed by atoms with Crippen LogP contribution in [0.4, 0.5) is 10.2 Å². The fourth-order valence-electron chi connectivity index (χ4n) is 5.82. The minimum atomic E-state index is -0.752. The first-order valence-corrected chi connectivity index (χ1v) is 15.2. The van der Waals surface area contributed by atoms with E-state index in [0.717, 1.165) is 29.9 Å². The molecular weight excluding hydrogens is 579 g/mol. The lowest BCUT2D eigenvalue weighted by molar-refractivity contribution is -0.0787. The van der Waals surface area contributed by atoms with Crippen LogP contribution in [0.2, 0.25) is 0 Å². The number of rotatable bonds is 10. The van der Waals surface area contributed by atoms with Gasteiger partial charge in [-0.1, -0.05) is 12.1 Å². The zero-order valence-electron chi connectivity index (χ0n) is 25.4. The van der Waals surface area contributed by atoms with E-state index in [4.69, 9.17) is 19.2 Å². The van der Waals surface area contributed by atoms with Gasteiger partial charge in [0.15, 0.2) is 11.5 Å². The van der Waals surface area contributed by atoms with Crippen molar-refractivity contribution in [3.8, 4) is 11.5 Å². The van der Waals surface area contributed by atoms with Gasteiger partial charge in [-0.2, -0.15) is 4.99 Å². The number of carbonyl (C=O) groups excluding carboxylic acids is 1. The highest BCUT2D eigenvalue weighted by Gasteiger charge is 2.25. The van der Waals surface area contributed by atoms with E-state index in [0.29, 0.717) is 48.6 Å². The molecule has 1 fully saturated rings. The summed E-state index contributed by atoms with van der Waals surface area (Å²) in [5, 5.41) is 15.1. The average molecular weight is 617 g/mol. The molecule has 0 bridgehead atoms. The van der Waals surface area contributed by atoms with Crippen molar-refractivity contribution in [1.29, 1.82) is 0 Å². The lowest BCUT2D eigenvalue weighted by atomic mass is 10.1. The summed E-state index contributed by atoms with van der Waals surface area (Å²) in [6.45, 7) is 7.49. The first-order chi connectivity index (χ1) is 21.8. The monoisotopic (exact) mass is 616 g/mol. The Hall–Kier alpha value is -4.39. The number of benzene rings is 2. The number of hydrogen-bond acceptors (Lipinski definition) is 9. The summed E-state index contributed by atoms with van der Waals surface area (Å²) in [6, 6.07) is 13.3. The Morgan fingerprint density at radius 2 is 1.96 bits per heavy atom. The van der Waals surface area contributed by atoms with Gasteiger partial charge < -0.3 is 24.6 Å². The highest BCUT2D eigenvalue weighted by atomic mass is 19.1. The van der Waals surface area contributed by atoms with Crippen molar-refractivity contribution >= 4 is 22.6 Å². The van der Waals surface area contributed by atoms with Crippen molar-refractivity contribution in [3.05, 3.63) is 83.5 Å². The summed E-state index contributed by atoms with van der Waals surface area (Å²) in [7, 11) is 0. The van der Waals surface area contributed by atoms with Gasteiger partial charge >= 0.3 is 0 Å². The molecule has 11 nitrogen and oxygen atoms in total. The number of ether oxygens (including phenoxy) is 3. The van der Waals surface area contributed by atoms with E-state index < -0.39 is 12.0 Å². The predicted molar refractivity (Wildman–Crippen MR) is 166 cm³/mol. The highest BCUT2D eigenvalue weighted by Crippen LogP contribution is 2.37. The number of amides is 1. The molecule has 4 heterocycles. The van der Waals surface area contributed by atoms with Crippen LogP contribution in [0.25, 0.3) is 10.9 Å². The van der Waals surface area contributed by atoms with Crippen LogP contribution in [0.15, 0.2) is 65.9 Å². The maximum atomic E-state index is 13.5. The Morgan fingerprint density at radius 1 is 1.16 bits per heavy atom. The Bertz CT molecular complexity index is 1710. The molecule has 2 N–H and O–H groups in total. The van der Waals surface area contributed by atoms with E-state index in [1.165, 1.54) is 18.3 Å². The van der Waals surface area contributed by atoms with Gasteiger partial charge in [0.2, 0.25) is 5.62 Å². The quantitative estimate of drug-likeness (QED) is 0.277. The van der Waals surface area contributed by atoms with E-state index in [9.17, 15) is 14.3 Å². The number of nitrogens with one attached hydrogen (secondary N) is 1. The van der Waals surface area contributed by atoms with Gasteiger partial charge in [-0.05, 0) is 55.8 Å². The van der Waals surface area contributed by atoms with Gasteiger partial charge in [-0.3, -0.25) is 19.2 Å². The Balaban J connectivity index is 1.32. The molecule has 4 aromatic rings. The maximum Gasteiger partial charge on any atom is 0.281 e. The number of aliphatic hydroxyl groups excluding tert-OH is 1. The number of fused-ring (bicyclic) bond motifs is 3. The topological polar surface area (TPSA) is 123 Å². The zero-order chi connectivity index (χ0) is 31.3. The molecule has 236 valence electrons. The second-order valence-corrected chi connectivity index (χ2v) is 11.5. The number of nitrogens with zero attached hydrogens (tertiary/aromatic N) is 5. The van der Waals surface area contributed by atoms with Gasteiger partial charge in [0.05, 0.1) is 24.4 Å². The van der Waals surface area contributed by atoms with Crippen LogP contribution in [0.5, 0.6) is 11.5 Å². The molecule has 6 rings (SSSR count). The number of anilines is 1. The first-order valence-electron chi connectivity index (χ1n) is 15.2. The molecule has 2 aromatic carbocycles. The van der Waals surface area contributed by atoms with Crippen LogP contribution < -0.4 is 20.4 Å². The van der Waals surface area contributed by atoms with Crippen LogP contribution in [0.1, 0.15) is 29.8 Å². The molecule has 3 atom stereocenters. The zero-order valence-corrected chi connectivity index (χ0v) is 25.4. The normalized spacial score (nSPS) is 19.2. The SMILES string of the molecule is CC1CN(C[C@@H](O)COc2ccc3c4n(c(=NC(=O)c5cccnc5)nc3c2OCCc2ccc(F)cc2)CCN4)CC(C)O1. The third-order valence-electron chi connectivity index (χ3n) is 7.76. The van der Waals surface area contributed by atoms with E-state index in [1.807, 2.05) is 24.5 Å². The third-order valence-corrected chi connectivity index (χ3v) is 7.76. The van der Waals surface area contributed by atoms with Gasteiger partial charge in [0, 0.05) is 56.9 Å². The Morgan fingerprint density at radius 3 is 2.71 bits per heavy atom. The second kappa shape index (κ2) is 13.7. The van der Waals surface area contributed by atoms with Crippen LogP contribution in [-0.4, -0.2) is 88.2 Å². The smallest absolute Gasteiger partial charge is 0.281 e. The van der Waals surface area contributed by atoms with Crippen molar-refractivity contribution in [2.75, 3.05) is 44.7 Å². The summed E-state index contributed by atoms with van der Waals surface area (Å²) in [5.41, 5.74) is 1.96. The van der Waals surface area contributed by atoms with Gasteiger partial charge in [0.1, 0.15) is 29.9 Å². The molecule has 0 aliphatic carbocycles. The molecule has 1 saturated heterocycles. The Kier molecular flexibility index (Phi) is 9.34. The maximum absolute atomic E-state index is 13.5. The number of aliphatic hydroxyl groups is 1. The van der Waals surface area contributed by atoms with Crippen LogP contribution in [0.3, 0.4) is 0 Å². The molecule has 1 amide bonds. The minimum Gasteiger partial charge on any atom is -0.487 e. The number of hydrogen-bond donors (Lipinski definition) is 2. The van der Waals surface area contributed by atoms with Crippen LogP contribution >= 0.6 is 0 Å². The van der Waals surface area contributed by atoms with Crippen molar-refractivity contribution in [2.24, 2.45) is 4.99 Å². The average Bonchev–Trinajstić information content (AvgIpc) is 3.52. The second-order valence-electron chi connectivity index (χ2n) is 11.5. The van der Waals surface area contributed by atoms with Crippen molar-refractivity contribution in [3.63, 3.8) is 0 Å². The van der Waals surface area contributed by atoms with E-state index >= 15 is 0 Å². The molecule has 0 spiro atoms. The van der Waals surface area contributed by atoms with E-state index in [-0.39, 0.29) is 36.9 Å². The number of pyridine rings is 1. The molecule has 12 heteroatoms. The number of morpholine rings is 1. The van der Waals surface area contributed by atoms with E-state index in [1.54, 1.807) is 36.5 Å². The number of halogens is 1. The van der Waals surface area contributed by atoms with Gasteiger partial charge in [-0.15, -0.1) is 0 Å². The van der Waals surface area contributed by atoms with Gasteiger partial charge in [0.25, 0.3) is 5.91 Å². The number of β-amino-alcohol motifs (C(OH)–C–C–N with tert-alkyl or cyclic N) is 1.